The van der Waals surface area contributed by atoms with Gasteiger partial charge < -0.3 is 15.3 Å². The Morgan fingerprint density at radius 2 is 1.89 bits per heavy atom. The minimum Gasteiger partial charge on any atom is -0.386 e. The first-order valence-electron chi connectivity index (χ1n) is 9.20. The van der Waals surface area contributed by atoms with Crippen LogP contribution in [0.4, 0.5) is 20.2 Å². The fourth-order valence-electron chi connectivity index (χ4n) is 3.60. The second kappa shape index (κ2) is 6.98. The fourth-order valence-corrected chi connectivity index (χ4v) is 3.60. The molecule has 2 N–H and O–H groups in total. The van der Waals surface area contributed by atoms with E-state index in [0.717, 1.165) is 27.8 Å². The number of hydrogen-bond donors (Lipinski definition) is 2. The van der Waals surface area contributed by atoms with Gasteiger partial charge in [-0.15, -0.1) is 0 Å². The third-order valence-electron chi connectivity index (χ3n) is 5.09. The number of nitrogens with one attached hydrogen (secondary N) is 1. The van der Waals surface area contributed by atoms with Gasteiger partial charge in [0.15, 0.2) is 0 Å². The number of benzene rings is 2. The van der Waals surface area contributed by atoms with Crippen LogP contribution in [0.3, 0.4) is 0 Å². The summed E-state index contributed by atoms with van der Waals surface area (Å²) in [6, 6.07) is 12.1. The number of aliphatic hydroxyl groups is 1. The lowest BCUT2D eigenvalue weighted by Gasteiger charge is -2.45. The molecule has 0 amide bonds. The molecule has 0 saturated carbocycles. The average molecular weight is 384 g/mol. The van der Waals surface area contributed by atoms with E-state index in [2.05, 4.69) is 20.4 Å². The molecule has 2 aromatic carbocycles. The van der Waals surface area contributed by atoms with E-state index in [4.69, 9.17) is 0 Å². The van der Waals surface area contributed by atoms with Crippen LogP contribution in [-0.2, 0) is 0 Å². The van der Waals surface area contributed by atoms with Crippen LogP contribution in [0.5, 0.6) is 0 Å². The number of halogens is 2. The van der Waals surface area contributed by atoms with Crippen molar-refractivity contribution in [2.75, 3.05) is 23.3 Å². The van der Waals surface area contributed by atoms with Crippen LogP contribution in [0.1, 0.15) is 37.4 Å². The monoisotopic (exact) mass is 384 g/mol. The Kier molecular flexibility index (Phi) is 4.63. The van der Waals surface area contributed by atoms with Crippen molar-refractivity contribution in [3.05, 3.63) is 59.8 Å². The molecule has 1 fully saturated rings. The van der Waals surface area contributed by atoms with Crippen molar-refractivity contribution in [1.82, 2.24) is 10.2 Å². The molecule has 0 bridgehead atoms. The molecule has 0 radical (unpaired) electrons. The highest BCUT2D eigenvalue weighted by molar-refractivity contribution is 5.93. The molecule has 3 aromatic rings. The smallest absolute Gasteiger partial charge is 0.263 e. The third-order valence-corrected chi connectivity index (χ3v) is 5.09. The van der Waals surface area contributed by atoms with Crippen molar-refractivity contribution < 1.29 is 13.9 Å². The van der Waals surface area contributed by atoms with Gasteiger partial charge in [-0.2, -0.15) is 10.2 Å². The van der Waals surface area contributed by atoms with Gasteiger partial charge in [0.1, 0.15) is 0 Å². The molecular weight excluding hydrogens is 362 g/mol. The fraction of sp³-hybridized carbons (Fsp3) is 0.333. The molecule has 0 unspecified atom stereocenters. The SMILES string of the molecule is C[C@@H](Nc1cnnc2ccc(N3CC(C)(O)C3)cc12)c1cccc(C(F)F)c1. The van der Waals surface area contributed by atoms with E-state index in [9.17, 15) is 13.9 Å². The largest absolute Gasteiger partial charge is 0.386 e. The number of alkyl halides is 2. The van der Waals surface area contributed by atoms with Gasteiger partial charge in [-0.3, -0.25) is 0 Å². The molecule has 28 heavy (non-hydrogen) atoms. The summed E-state index contributed by atoms with van der Waals surface area (Å²) >= 11 is 0. The lowest BCUT2D eigenvalue weighted by molar-refractivity contribution is 0.0310. The quantitative estimate of drug-likeness (QED) is 0.686. The van der Waals surface area contributed by atoms with Crippen molar-refractivity contribution >= 4 is 22.3 Å². The van der Waals surface area contributed by atoms with Crippen LogP contribution in [0.25, 0.3) is 10.9 Å². The predicted molar refractivity (Wildman–Crippen MR) is 106 cm³/mol. The van der Waals surface area contributed by atoms with Gasteiger partial charge >= 0.3 is 0 Å². The molecule has 1 saturated heterocycles. The van der Waals surface area contributed by atoms with Crippen molar-refractivity contribution in [3.8, 4) is 0 Å². The Morgan fingerprint density at radius 1 is 1.14 bits per heavy atom. The Labute approximate surface area is 162 Å². The van der Waals surface area contributed by atoms with Gasteiger partial charge in [0, 0.05) is 35.8 Å². The van der Waals surface area contributed by atoms with Gasteiger partial charge in [0.05, 0.1) is 23.0 Å². The zero-order chi connectivity index (χ0) is 19.9. The highest BCUT2D eigenvalue weighted by atomic mass is 19.3. The molecular formula is C21H22F2N4O. The number of β-amino-alcohol motifs (C(OH)–C–C–N with tert-alkyl or cyclic N) is 1. The van der Waals surface area contributed by atoms with Gasteiger partial charge in [0.25, 0.3) is 6.43 Å². The molecule has 1 aromatic heterocycles. The third kappa shape index (κ3) is 3.62. The topological polar surface area (TPSA) is 61.3 Å². The summed E-state index contributed by atoms with van der Waals surface area (Å²) in [4.78, 5) is 2.10. The lowest BCUT2D eigenvalue weighted by atomic mass is 9.96. The molecule has 146 valence electrons. The van der Waals surface area contributed by atoms with Crippen LogP contribution in [-0.4, -0.2) is 34.0 Å². The number of rotatable bonds is 5. The molecule has 2 heterocycles. The molecule has 0 spiro atoms. The summed E-state index contributed by atoms with van der Waals surface area (Å²) in [6.45, 7) is 4.90. The van der Waals surface area contributed by atoms with Crippen molar-refractivity contribution in [2.24, 2.45) is 0 Å². The zero-order valence-corrected chi connectivity index (χ0v) is 15.7. The minimum atomic E-state index is -2.49. The second-order valence-corrected chi connectivity index (χ2v) is 7.65. The first-order valence-corrected chi connectivity index (χ1v) is 9.20. The highest BCUT2D eigenvalue weighted by Crippen LogP contribution is 2.33. The van der Waals surface area contributed by atoms with Crippen LogP contribution in [0.2, 0.25) is 0 Å². The summed E-state index contributed by atoms with van der Waals surface area (Å²) < 4.78 is 26.0. The van der Waals surface area contributed by atoms with Crippen LogP contribution in [0, 0.1) is 0 Å². The van der Waals surface area contributed by atoms with E-state index in [0.29, 0.717) is 13.1 Å². The van der Waals surface area contributed by atoms with E-state index in [1.54, 1.807) is 12.3 Å². The summed E-state index contributed by atoms with van der Waals surface area (Å²) in [6.07, 6.45) is -0.849. The maximum Gasteiger partial charge on any atom is 0.263 e. The second-order valence-electron chi connectivity index (χ2n) is 7.65. The Hall–Kier alpha value is -2.80. The van der Waals surface area contributed by atoms with Gasteiger partial charge in [0.2, 0.25) is 0 Å². The van der Waals surface area contributed by atoms with Crippen molar-refractivity contribution in [2.45, 2.75) is 31.9 Å². The lowest BCUT2D eigenvalue weighted by Crippen LogP contribution is -2.60. The number of anilines is 2. The Balaban J connectivity index is 1.62. The summed E-state index contributed by atoms with van der Waals surface area (Å²) in [5, 5.41) is 22.5. The van der Waals surface area contributed by atoms with Crippen molar-refractivity contribution in [1.29, 1.82) is 0 Å². The molecule has 7 heteroatoms. The van der Waals surface area contributed by atoms with Crippen molar-refractivity contribution in [3.63, 3.8) is 0 Å². The number of aromatic nitrogens is 2. The Bertz CT molecular complexity index is 1000. The Morgan fingerprint density at radius 3 is 2.61 bits per heavy atom. The standard InChI is InChI=1S/C21H22F2N4O/c1-13(14-4-3-5-15(8-14)20(22)23)25-19-10-24-26-18-7-6-16(9-17(18)19)27-11-21(2,28)12-27/h3-10,13,20,28H,11-12H2,1-2H3,(H,25,26)/t13-/m1/s1. The van der Waals surface area contributed by atoms with Crippen LogP contribution in [0.15, 0.2) is 48.7 Å². The molecule has 4 rings (SSSR count). The van der Waals surface area contributed by atoms with E-state index >= 15 is 0 Å². The van der Waals surface area contributed by atoms with E-state index < -0.39 is 12.0 Å². The zero-order valence-electron chi connectivity index (χ0n) is 15.7. The van der Waals surface area contributed by atoms with E-state index in [1.165, 1.54) is 12.1 Å². The number of hydrogen-bond acceptors (Lipinski definition) is 5. The minimum absolute atomic E-state index is 0.0102. The van der Waals surface area contributed by atoms with Crippen LogP contribution < -0.4 is 10.2 Å². The molecule has 1 aliphatic heterocycles. The summed E-state index contributed by atoms with van der Waals surface area (Å²) in [5.74, 6) is 0. The molecule has 1 aliphatic rings. The van der Waals surface area contributed by atoms with E-state index in [1.807, 2.05) is 38.1 Å². The highest BCUT2D eigenvalue weighted by Gasteiger charge is 2.36. The maximum absolute atomic E-state index is 13.0. The first kappa shape index (κ1) is 18.6. The number of nitrogens with zero attached hydrogens (tertiary/aromatic N) is 3. The molecule has 5 nitrogen and oxygen atoms in total. The summed E-state index contributed by atoms with van der Waals surface area (Å²) in [5.41, 5.74) is 2.66. The van der Waals surface area contributed by atoms with Gasteiger partial charge in [-0.05, 0) is 43.7 Å². The predicted octanol–water partition coefficient (Wildman–Crippen LogP) is 4.31. The van der Waals surface area contributed by atoms with Gasteiger partial charge in [-0.1, -0.05) is 18.2 Å². The summed E-state index contributed by atoms with van der Waals surface area (Å²) in [7, 11) is 0. The number of fused-ring (bicyclic) bond motifs is 1. The molecule has 0 aliphatic carbocycles. The maximum atomic E-state index is 13.0. The first-order chi connectivity index (χ1) is 13.3. The normalized spacial score (nSPS) is 16.9. The molecule has 1 atom stereocenters. The van der Waals surface area contributed by atoms with Crippen LogP contribution >= 0.6 is 0 Å². The van der Waals surface area contributed by atoms with Gasteiger partial charge in [-0.25, -0.2) is 8.78 Å². The van der Waals surface area contributed by atoms with E-state index in [-0.39, 0.29) is 11.6 Å². The average Bonchev–Trinajstić information content (AvgIpc) is 2.66.